The molecule has 0 atom stereocenters. The first kappa shape index (κ1) is 15.9. The molecule has 0 bridgehead atoms. The fourth-order valence-electron chi connectivity index (χ4n) is 2.25. The minimum atomic E-state index is 0.0675. The maximum Gasteiger partial charge on any atom is 0.256 e. The van der Waals surface area contributed by atoms with Gasteiger partial charge in [-0.15, -0.1) is 21.5 Å². The van der Waals surface area contributed by atoms with Crippen molar-refractivity contribution in [3.05, 3.63) is 39.8 Å². The van der Waals surface area contributed by atoms with Gasteiger partial charge in [-0.25, -0.2) is 4.98 Å². The van der Waals surface area contributed by atoms with Crippen molar-refractivity contribution in [1.29, 1.82) is 0 Å². The van der Waals surface area contributed by atoms with Crippen molar-refractivity contribution in [2.75, 3.05) is 12.8 Å². The Morgan fingerprint density at radius 2 is 2.22 bits per heavy atom. The number of carbonyl (C=O) groups is 1. The summed E-state index contributed by atoms with van der Waals surface area (Å²) in [6, 6.07) is 6.00. The molecule has 3 rings (SSSR count). The van der Waals surface area contributed by atoms with E-state index in [1.54, 1.807) is 16.2 Å². The van der Waals surface area contributed by atoms with E-state index in [0.717, 1.165) is 11.4 Å². The van der Waals surface area contributed by atoms with E-state index in [2.05, 4.69) is 15.2 Å². The van der Waals surface area contributed by atoms with Crippen molar-refractivity contribution in [3.8, 4) is 0 Å². The zero-order valence-corrected chi connectivity index (χ0v) is 14.8. The van der Waals surface area contributed by atoms with Gasteiger partial charge in [0.1, 0.15) is 0 Å². The zero-order chi connectivity index (χ0) is 16.4. The molecule has 0 aromatic carbocycles. The molecule has 3 heterocycles. The molecule has 8 heteroatoms. The second-order valence-corrected chi connectivity index (χ2v) is 7.25. The van der Waals surface area contributed by atoms with Crippen LogP contribution in [0.15, 0.2) is 28.7 Å². The number of hydrogen-bond acceptors (Lipinski definition) is 6. The maximum atomic E-state index is 12.3. The lowest BCUT2D eigenvalue weighted by Gasteiger charge is -2.15. The first-order valence-electron chi connectivity index (χ1n) is 7.13. The van der Waals surface area contributed by atoms with Crippen LogP contribution in [0, 0.1) is 13.8 Å². The summed E-state index contributed by atoms with van der Waals surface area (Å²) in [4.78, 5) is 19.5. The fraction of sp³-hybridized carbons (Fsp3) is 0.333. The van der Waals surface area contributed by atoms with E-state index >= 15 is 0 Å². The van der Waals surface area contributed by atoms with Gasteiger partial charge in [-0.3, -0.25) is 9.20 Å². The van der Waals surface area contributed by atoms with Crippen molar-refractivity contribution in [1.82, 2.24) is 24.5 Å². The molecule has 0 spiro atoms. The predicted molar refractivity (Wildman–Crippen MR) is 91.8 cm³/mol. The van der Waals surface area contributed by atoms with Crippen LogP contribution in [0.4, 0.5) is 0 Å². The molecule has 1 amide bonds. The third kappa shape index (κ3) is 3.53. The number of aromatic nitrogens is 4. The van der Waals surface area contributed by atoms with Gasteiger partial charge in [0.05, 0.1) is 12.3 Å². The summed E-state index contributed by atoms with van der Waals surface area (Å²) in [5.74, 6) is 0.970. The SMILES string of the molecule is Cc1cc(C)n2c(SCC(=O)N(C)Cc3cccs3)nnc2n1. The Morgan fingerprint density at radius 1 is 1.39 bits per heavy atom. The second-order valence-electron chi connectivity index (χ2n) is 5.27. The van der Waals surface area contributed by atoms with E-state index in [1.807, 2.05) is 48.9 Å². The lowest BCUT2D eigenvalue weighted by atomic mass is 10.3. The number of fused-ring (bicyclic) bond motifs is 1. The molecule has 0 aliphatic heterocycles. The summed E-state index contributed by atoms with van der Waals surface area (Å²) in [5.41, 5.74) is 1.92. The molecule has 0 fully saturated rings. The van der Waals surface area contributed by atoms with Gasteiger partial charge in [0.15, 0.2) is 5.16 Å². The Hall–Kier alpha value is -1.93. The summed E-state index contributed by atoms with van der Waals surface area (Å²) in [6.07, 6.45) is 0. The molecule has 120 valence electrons. The van der Waals surface area contributed by atoms with Crippen molar-refractivity contribution in [2.45, 2.75) is 25.5 Å². The van der Waals surface area contributed by atoms with Crippen LogP contribution in [0.25, 0.3) is 5.78 Å². The number of aryl methyl sites for hydroxylation is 2. The first-order valence-corrected chi connectivity index (χ1v) is 8.99. The number of carbonyl (C=O) groups excluding carboxylic acids is 1. The van der Waals surface area contributed by atoms with E-state index in [4.69, 9.17) is 0 Å². The highest BCUT2D eigenvalue weighted by Crippen LogP contribution is 2.19. The smallest absolute Gasteiger partial charge is 0.256 e. The van der Waals surface area contributed by atoms with Crippen LogP contribution in [-0.4, -0.2) is 43.2 Å². The molecule has 0 aliphatic carbocycles. The van der Waals surface area contributed by atoms with Gasteiger partial charge < -0.3 is 4.90 Å². The highest BCUT2D eigenvalue weighted by atomic mass is 32.2. The van der Waals surface area contributed by atoms with Crippen molar-refractivity contribution in [3.63, 3.8) is 0 Å². The van der Waals surface area contributed by atoms with Gasteiger partial charge in [0.25, 0.3) is 5.78 Å². The number of thioether (sulfide) groups is 1. The fourth-order valence-corrected chi connectivity index (χ4v) is 3.94. The van der Waals surface area contributed by atoms with Gasteiger partial charge >= 0.3 is 0 Å². The molecule has 0 radical (unpaired) electrons. The predicted octanol–water partition coefficient (Wildman–Crippen LogP) is 2.55. The van der Waals surface area contributed by atoms with Crippen LogP contribution in [0.1, 0.15) is 16.3 Å². The van der Waals surface area contributed by atoms with E-state index in [9.17, 15) is 4.79 Å². The van der Waals surface area contributed by atoms with Crippen molar-refractivity contribution < 1.29 is 4.79 Å². The van der Waals surface area contributed by atoms with Crippen LogP contribution in [0.2, 0.25) is 0 Å². The Labute approximate surface area is 142 Å². The minimum Gasteiger partial charge on any atom is -0.340 e. The van der Waals surface area contributed by atoms with Crippen LogP contribution < -0.4 is 0 Å². The number of amides is 1. The van der Waals surface area contributed by atoms with E-state index in [-0.39, 0.29) is 5.91 Å². The Bertz CT molecular complexity index is 828. The second kappa shape index (κ2) is 6.67. The third-order valence-electron chi connectivity index (χ3n) is 3.39. The standard InChI is InChI=1S/C15H17N5OS2/c1-10-7-11(2)20-14(16-10)17-18-15(20)23-9-13(21)19(3)8-12-5-4-6-22-12/h4-7H,8-9H2,1-3H3. The van der Waals surface area contributed by atoms with Crippen LogP contribution >= 0.6 is 23.1 Å². The van der Waals surface area contributed by atoms with Gasteiger partial charge in [-0.05, 0) is 31.4 Å². The summed E-state index contributed by atoms with van der Waals surface area (Å²) in [6.45, 7) is 4.55. The van der Waals surface area contributed by atoms with E-state index < -0.39 is 0 Å². The number of nitrogens with zero attached hydrogens (tertiary/aromatic N) is 5. The summed E-state index contributed by atoms with van der Waals surface area (Å²) in [5, 5.41) is 10.9. The molecular weight excluding hydrogens is 330 g/mol. The van der Waals surface area contributed by atoms with Crippen LogP contribution in [0.5, 0.6) is 0 Å². The summed E-state index contributed by atoms with van der Waals surface area (Å²) < 4.78 is 1.88. The maximum absolute atomic E-state index is 12.3. The van der Waals surface area contributed by atoms with Crippen molar-refractivity contribution >= 4 is 34.8 Å². The molecule has 0 saturated carbocycles. The molecule has 3 aromatic heterocycles. The quantitative estimate of drug-likeness (QED) is 0.664. The number of rotatable bonds is 5. The molecule has 0 N–H and O–H groups in total. The largest absolute Gasteiger partial charge is 0.340 e. The topological polar surface area (TPSA) is 63.4 Å². The average molecular weight is 347 g/mol. The molecule has 3 aromatic rings. The Kier molecular flexibility index (Phi) is 4.63. The van der Waals surface area contributed by atoms with Gasteiger partial charge in [0, 0.05) is 23.3 Å². The normalized spacial score (nSPS) is 11.1. The van der Waals surface area contributed by atoms with Gasteiger partial charge in [0.2, 0.25) is 5.91 Å². The Morgan fingerprint density at radius 3 is 2.96 bits per heavy atom. The number of thiophene rings is 1. The molecule has 0 unspecified atom stereocenters. The van der Waals surface area contributed by atoms with E-state index in [1.165, 1.54) is 16.6 Å². The number of hydrogen-bond donors (Lipinski definition) is 0. The van der Waals surface area contributed by atoms with Crippen molar-refractivity contribution in [2.24, 2.45) is 0 Å². The summed E-state index contributed by atoms with van der Waals surface area (Å²) >= 11 is 3.04. The van der Waals surface area contributed by atoms with E-state index in [0.29, 0.717) is 23.2 Å². The monoisotopic (exact) mass is 347 g/mol. The molecule has 0 saturated heterocycles. The summed E-state index contributed by atoms with van der Waals surface area (Å²) in [7, 11) is 1.82. The zero-order valence-electron chi connectivity index (χ0n) is 13.2. The van der Waals surface area contributed by atoms with Gasteiger partial charge in [-0.2, -0.15) is 0 Å². The highest BCUT2D eigenvalue weighted by molar-refractivity contribution is 7.99. The van der Waals surface area contributed by atoms with Crippen LogP contribution in [-0.2, 0) is 11.3 Å². The minimum absolute atomic E-state index is 0.0675. The first-order chi connectivity index (χ1) is 11.0. The Balaban J connectivity index is 1.67. The molecule has 0 aliphatic rings. The van der Waals surface area contributed by atoms with Gasteiger partial charge in [-0.1, -0.05) is 17.8 Å². The van der Waals surface area contributed by atoms with Crippen LogP contribution in [0.3, 0.4) is 0 Å². The average Bonchev–Trinajstić information content (AvgIpc) is 3.14. The molecule has 6 nitrogen and oxygen atoms in total. The lowest BCUT2D eigenvalue weighted by molar-refractivity contribution is -0.127. The molecule has 23 heavy (non-hydrogen) atoms. The highest BCUT2D eigenvalue weighted by Gasteiger charge is 2.15. The lowest BCUT2D eigenvalue weighted by Crippen LogP contribution is -2.27. The molecular formula is C15H17N5OS2. The third-order valence-corrected chi connectivity index (χ3v) is 5.16.